The Kier molecular flexibility index (Phi) is 3.84. The maximum Gasteiger partial charge on any atom is 0.307 e. The lowest BCUT2D eigenvalue weighted by Crippen LogP contribution is -2.27. The van der Waals surface area contributed by atoms with Crippen LogP contribution in [0.1, 0.15) is 23.7 Å². The van der Waals surface area contributed by atoms with Crippen molar-refractivity contribution in [2.75, 3.05) is 13.7 Å². The van der Waals surface area contributed by atoms with Crippen LogP contribution in [0.4, 0.5) is 0 Å². The van der Waals surface area contributed by atoms with E-state index in [4.69, 9.17) is 10.5 Å². The molecule has 2 rings (SSSR count). The van der Waals surface area contributed by atoms with Crippen molar-refractivity contribution < 1.29 is 19.4 Å². The Balaban J connectivity index is 2.02. The molecule has 0 radical (unpaired) electrons. The third kappa shape index (κ3) is 2.47. The molecule has 1 aromatic rings. The van der Waals surface area contributed by atoms with Crippen molar-refractivity contribution in [1.29, 1.82) is 0 Å². The van der Waals surface area contributed by atoms with Gasteiger partial charge in [-0.3, -0.25) is 4.79 Å². The summed E-state index contributed by atoms with van der Waals surface area (Å²) < 4.78 is 10.2. The van der Waals surface area contributed by atoms with E-state index in [1.54, 1.807) is 12.1 Å². The second-order valence-electron chi connectivity index (χ2n) is 4.33. The lowest BCUT2D eigenvalue weighted by molar-refractivity contribution is -0.142. The Morgan fingerprint density at radius 3 is 3.06 bits per heavy atom. The number of carbonyl (C=O) groups is 1. The van der Waals surface area contributed by atoms with Crippen molar-refractivity contribution in [2.24, 2.45) is 5.73 Å². The number of fused-ring (bicyclic) bond motifs is 1. The minimum atomic E-state index is -0.308. The topological polar surface area (TPSA) is 81.8 Å². The van der Waals surface area contributed by atoms with Gasteiger partial charge in [0, 0.05) is 11.6 Å². The van der Waals surface area contributed by atoms with Gasteiger partial charge < -0.3 is 20.3 Å². The molecule has 98 valence electrons. The number of phenolic OH excluding ortho intramolecular Hbond substituents is 1. The van der Waals surface area contributed by atoms with Crippen LogP contribution in [0.2, 0.25) is 0 Å². The van der Waals surface area contributed by atoms with Gasteiger partial charge in [0.15, 0.2) is 0 Å². The normalized spacial score (nSPS) is 21.7. The Bertz CT molecular complexity index is 447. The standard InChI is InChI=1S/C13H17NO4/c1-17-12(16)5-6-18-13-8-3-2-4-11(15)9(8)7-10(13)14/h2-4,10,13,15H,5-7,14H2,1H3. The van der Waals surface area contributed by atoms with Gasteiger partial charge in [-0.05, 0) is 18.1 Å². The molecule has 0 saturated carbocycles. The summed E-state index contributed by atoms with van der Waals surface area (Å²) in [5, 5.41) is 9.73. The summed E-state index contributed by atoms with van der Waals surface area (Å²) in [5.74, 6) is -0.0558. The molecular weight excluding hydrogens is 234 g/mol. The maximum atomic E-state index is 11.0. The highest BCUT2D eigenvalue weighted by Crippen LogP contribution is 2.37. The number of benzene rings is 1. The highest BCUT2D eigenvalue weighted by atomic mass is 16.5. The van der Waals surface area contributed by atoms with Crippen LogP contribution in [-0.2, 0) is 20.7 Å². The highest BCUT2D eigenvalue weighted by Gasteiger charge is 2.32. The number of rotatable bonds is 4. The summed E-state index contributed by atoms with van der Waals surface area (Å²) in [6.07, 6.45) is 0.524. The van der Waals surface area contributed by atoms with E-state index in [1.807, 2.05) is 6.07 Å². The molecule has 5 nitrogen and oxygen atoms in total. The number of nitrogens with two attached hydrogens (primary N) is 1. The van der Waals surface area contributed by atoms with E-state index in [1.165, 1.54) is 7.11 Å². The number of methoxy groups -OCH3 is 1. The Hall–Kier alpha value is -1.59. The number of aromatic hydroxyl groups is 1. The molecule has 0 fully saturated rings. The molecule has 2 atom stereocenters. The van der Waals surface area contributed by atoms with Crippen LogP contribution in [0.5, 0.6) is 5.75 Å². The fourth-order valence-electron chi connectivity index (χ4n) is 2.24. The van der Waals surface area contributed by atoms with E-state index in [0.717, 1.165) is 11.1 Å². The van der Waals surface area contributed by atoms with Gasteiger partial charge in [-0.15, -0.1) is 0 Å². The Labute approximate surface area is 106 Å². The monoisotopic (exact) mass is 251 g/mol. The van der Waals surface area contributed by atoms with E-state index >= 15 is 0 Å². The second-order valence-corrected chi connectivity index (χ2v) is 4.33. The molecular formula is C13H17NO4. The number of phenols is 1. The van der Waals surface area contributed by atoms with Crippen LogP contribution < -0.4 is 5.73 Å². The first-order chi connectivity index (χ1) is 8.63. The fraction of sp³-hybridized carbons (Fsp3) is 0.462. The van der Waals surface area contributed by atoms with E-state index in [-0.39, 0.29) is 36.9 Å². The fourth-order valence-corrected chi connectivity index (χ4v) is 2.24. The summed E-state index contributed by atoms with van der Waals surface area (Å²) in [6, 6.07) is 5.11. The molecule has 0 bridgehead atoms. The molecule has 1 aliphatic carbocycles. The SMILES string of the molecule is COC(=O)CCOC1c2cccc(O)c2CC1N. The highest BCUT2D eigenvalue weighted by molar-refractivity contribution is 5.69. The number of esters is 1. The largest absolute Gasteiger partial charge is 0.508 e. The molecule has 3 N–H and O–H groups in total. The predicted octanol–water partition coefficient (Wildman–Crippen LogP) is 0.896. The minimum absolute atomic E-state index is 0.189. The molecule has 1 aliphatic rings. The van der Waals surface area contributed by atoms with E-state index in [2.05, 4.69) is 4.74 Å². The molecule has 2 unspecified atom stereocenters. The van der Waals surface area contributed by atoms with Crippen molar-refractivity contribution >= 4 is 5.97 Å². The third-order valence-electron chi connectivity index (χ3n) is 3.15. The maximum absolute atomic E-state index is 11.0. The molecule has 0 heterocycles. The van der Waals surface area contributed by atoms with Crippen LogP contribution in [0, 0.1) is 0 Å². The first-order valence-electron chi connectivity index (χ1n) is 5.88. The Morgan fingerprint density at radius 1 is 1.56 bits per heavy atom. The number of hydrogen-bond donors (Lipinski definition) is 2. The summed E-state index contributed by atoms with van der Waals surface area (Å²) in [4.78, 5) is 11.0. The average molecular weight is 251 g/mol. The average Bonchev–Trinajstić information content (AvgIpc) is 2.68. The van der Waals surface area contributed by atoms with Crippen molar-refractivity contribution in [3.8, 4) is 5.75 Å². The summed E-state index contributed by atoms with van der Waals surface area (Å²) in [5.41, 5.74) is 7.75. The van der Waals surface area contributed by atoms with Gasteiger partial charge in [0.05, 0.1) is 26.2 Å². The van der Waals surface area contributed by atoms with Crippen LogP contribution in [0.3, 0.4) is 0 Å². The van der Waals surface area contributed by atoms with E-state index in [9.17, 15) is 9.90 Å². The summed E-state index contributed by atoms with van der Waals surface area (Å²) >= 11 is 0. The van der Waals surface area contributed by atoms with Crippen molar-refractivity contribution in [2.45, 2.75) is 25.0 Å². The number of carbonyl (C=O) groups excluding carboxylic acids is 1. The first-order valence-corrected chi connectivity index (χ1v) is 5.88. The summed E-state index contributed by atoms with van der Waals surface area (Å²) in [6.45, 7) is 0.264. The zero-order valence-corrected chi connectivity index (χ0v) is 10.3. The third-order valence-corrected chi connectivity index (χ3v) is 3.15. The van der Waals surface area contributed by atoms with E-state index in [0.29, 0.717) is 6.42 Å². The number of ether oxygens (including phenoxy) is 2. The molecule has 18 heavy (non-hydrogen) atoms. The van der Waals surface area contributed by atoms with Gasteiger partial charge >= 0.3 is 5.97 Å². The van der Waals surface area contributed by atoms with E-state index < -0.39 is 0 Å². The lowest BCUT2D eigenvalue weighted by atomic mass is 10.1. The van der Waals surface area contributed by atoms with Crippen LogP contribution >= 0.6 is 0 Å². The van der Waals surface area contributed by atoms with Crippen LogP contribution in [0.25, 0.3) is 0 Å². The predicted molar refractivity (Wildman–Crippen MR) is 65.1 cm³/mol. The molecule has 0 aromatic heterocycles. The second kappa shape index (κ2) is 5.37. The van der Waals surface area contributed by atoms with Crippen molar-refractivity contribution in [3.05, 3.63) is 29.3 Å². The smallest absolute Gasteiger partial charge is 0.307 e. The van der Waals surface area contributed by atoms with Crippen molar-refractivity contribution in [3.63, 3.8) is 0 Å². The minimum Gasteiger partial charge on any atom is -0.508 e. The van der Waals surface area contributed by atoms with Crippen LogP contribution in [-0.4, -0.2) is 30.8 Å². The summed E-state index contributed by atoms with van der Waals surface area (Å²) in [7, 11) is 1.34. The van der Waals surface area contributed by atoms with Crippen molar-refractivity contribution in [1.82, 2.24) is 0 Å². The lowest BCUT2D eigenvalue weighted by Gasteiger charge is -2.17. The van der Waals surface area contributed by atoms with Gasteiger partial charge in [-0.1, -0.05) is 12.1 Å². The Morgan fingerprint density at radius 2 is 2.33 bits per heavy atom. The van der Waals surface area contributed by atoms with Gasteiger partial charge in [0.25, 0.3) is 0 Å². The molecule has 0 spiro atoms. The molecule has 0 amide bonds. The zero-order chi connectivity index (χ0) is 13.1. The number of hydrogen-bond acceptors (Lipinski definition) is 5. The molecule has 5 heteroatoms. The zero-order valence-electron chi connectivity index (χ0n) is 10.3. The first kappa shape index (κ1) is 12.9. The quantitative estimate of drug-likeness (QED) is 0.777. The van der Waals surface area contributed by atoms with Gasteiger partial charge in [0.2, 0.25) is 0 Å². The molecule has 0 aliphatic heterocycles. The van der Waals surface area contributed by atoms with Gasteiger partial charge in [-0.25, -0.2) is 0 Å². The van der Waals surface area contributed by atoms with Gasteiger partial charge in [-0.2, -0.15) is 0 Å². The molecule has 1 aromatic carbocycles. The van der Waals surface area contributed by atoms with Crippen LogP contribution in [0.15, 0.2) is 18.2 Å². The van der Waals surface area contributed by atoms with Gasteiger partial charge in [0.1, 0.15) is 5.75 Å². The molecule has 0 saturated heterocycles.